The molecule has 0 bridgehead atoms. The lowest BCUT2D eigenvalue weighted by atomic mass is 10.1. The average Bonchev–Trinajstić information content (AvgIpc) is 2.85. The van der Waals surface area contributed by atoms with E-state index in [0.29, 0.717) is 25.8 Å². The lowest BCUT2D eigenvalue weighted by Gasteiger charge is -2.09. The van der Waals surface area contributed by atoms with E-state index in [1.165, 1.54) is 11.3 Å². The van der Waals surface area contributed by atoms with Crippen LogP contribution in [0.2, 0.25) is 4.34 Å². The lowest BCUT2D eigenvalue weighted by Crippen LogP contribution is -2.28. The van der Waals surface area contributed by atoms with Crippen molar-refractivity contribution in [3.63, 3.8) is 0 Å². The first-order chi connectivity index (χ1) is 9.54. The van der Waals surface area contributed by atoms with Crippen LogP contribution in [0, 0.1) is 0 Å². The second-order valence-corrected chi connectivity index (χ2v) is 6.00. The van der Waals surface area contributed by atoms with Crippen LogP contribution in [-0.4, -0.2) is 15.1 Å². The van der Waals surface area contributed by atoms with E-state index < -0.39 is 17.2 Å². The Labute approximate surface area is 121 Å². The number of aliphatic hydroxyl groups is 1. The van der Waals surface area contributed by atoms with Gasteiger partial charge in [0.2, 0.25) is 0 Å². The third-order valence-electron chi connectivity index (χ3n) is 2.93. The van der Waals surface area contributed by atoms with Crippen LogP contribution in [0.4, 0.5) is 0 Å². The number of hydrogen-bond acceptors (Lipinski definition) is 4. The summed E-state index contributed by atoms with van der Waals surface area (Å²) in [6, 6.07) is 8.42. The number of thiophene rings is 1. The van der Waals surface area contributed by atoms with Gasteiger partial charge in [-0.1, -0.05) is 17.7 Å². The first-order valence-corrected chi connectivity index (χ1v) is 6.93. The van der Waals surface area contributed by atoms with Gasteiger partial charge in [-0.25, -0.2) is 0 Å². The van der Waals surface area contributed by atoms with Gasteiger partial charge < -0.3 is 15.1 Å². The van der Waals surface area contributed by atoms with Crippen LogP contribution < -0.4 is 11.1 Å². The van der Waals surface area contributed by atoms with E-state index in [2.05, 4.69) is 9.97 Å². The molecule has 3 N–H and O–H groups in total. The maximum Gasteiger partial charge on any atom is 0.314 e. The summed E-state index contributed by atoms with van der Waals surface area (Å²) in [6.07, 6.45) is -0.827. The number of nitrogens with one attached hydrogen (secondary N) is 2. The van der Waals surface area contributed by atoms with Crippen LogP contribution in [0.5, 0.6) is 0 Å². The Hall–Kier alpha value is -1.89. The smallest absolute Gasteiger partial charge is 0.314 e. The molecule has 1 aromatic carbocycles. The summed E-state index contributed by atoms with van der Waals surface area (Å²) in [6.45, 7) is 0. The minimum atomic E-state index is -0.827. The molecule has 1 unspecified atom stereocenters. The van der Waals surface area contributed by atoms with Gasteiger partial charge in [0.25, 0.3) is 0 Å². The molecule has 0 radical (unpaired) electrons. The van der Waals surface area contributed by atoms with E-state index in [1.54, 1.807) is 30.3 Å². The maximum absolute atomic E-state index is 11.3. The second kappa shape index (κ2) is 4.90. The Bertz CT molecular complexity index is 896. The molecule has 0 amide bonds. The number of rotatable bonds is 2. The minimum absolute atomic E-state index is 0.466. The summed E-state index contributed by atoms with van der Waals surface area (Å²) in [5.41, 5.74) is 0.168. The SMILES string of the molecule is O=c1[nH]c2ccc(C(O)c3ccc(Cl)s3)cc2[nH]c1=O. The van der Waals surface area contributed by atoms with Gasteiger partial charge in [0, 0.05) is 4.88 Å². The largest absolute Gasteiger partial charge is 0.383 e. The molecule has 5 nitrogen and oxygen atoms in total. The zero-order chi connectivity index (χ0) is 14.3. The van der Waals surface area contributed by atoms with E-state index in [1.807, 2.05) is 0 Å². The molecule has 0 aliphatic carbocycles. The maximum atomic E-state index is 11.3. The van der Waals surface area contributed by atoms with Crippen molar-refractivity contribution in [1.29, 1.82) is 0 Å². The predicted molar refractivity (Wildman–Crippen MR) is 78.6 cm³/mol. The van der Waals surface area contributed by atoms with Gasteiger partial charge in [0.05, 0.1) is 15.4 Å². The molecular formula is C13H9ClN2O3S. The number of hydrogen-bond donors (Lipinski definition) is 3. The molecule has 0 saturated carbocycles. The predicted octanol–water partition coefficient (Wildman–Crippen LogP) is 2.01. The highest BCUT2D eigenvalue weighted by Gasteiger charge is 2.13. The van der Waals surface area contributed by atoms with Crippen molar-refractivity contribution in [2.24, 2.45) is 0 Å². The number of aromatic nitrogens is 2. The molecule has 102 valence electrons. The molecule has 0 spiro atoms. The van der Waals surface area contributed by atoms with E-state index >= 15 is 0 Å². The van der Waals surface area contributed by atoms with Gasteiger partial charge in [-0.05, 0) is 29.8 Å². The summed E-state index contributed by atoms with van der Waals surface area (Å²) in [4.78, 5) is 28.2. The average molecular weight is 309 g/mol. The fourth-order valence-electron chi connectivity index (χ4n) is 1.94. The Balaban J connectivity index is 2.11. The highest BCUT2D eigenvalue weighted by molar-refractivity contribution is 7.16. The summed E-state index contributed by atoms with van der Waals surface area (Å²) in [7, 11) is 0. The summed E-state index contributed by atoms with van der Waals surface area (Å²) >= 11 is 7.13. The first-order valence-electron chi connectivity index (χ1n) is 5.74. The first kappa shape index (κ1) is 13.1. The van der Waals surface area contributed by atoms with Crippen LogP contribution in [-0.2, 0) is 0 Å². The molecule has 3 aromatic rings. The fraction of sp³-hybridized carbons (Fsp3) is 0.0769. The number of aromatic amines is 2. The van der Waals surface area contributed by atoms with Gasteiger partial charge in [0.1, 0.15) is 6.10 Å². The van der Waals surface area contributed by atoms with Gasteiger partial charge in [0.15, 0.2) is 0 Å². The monoisotopic (exact) mass is 308 g/mol. The van der Waals surface area contributed by atoms with E-state index in [0.717, 1.165) is 0 Å². The third kappa shape index (κ3) is 2.29. The van der Waals surface area contributed by atoms with Crippen molar-refractivity contribution in [2.75, 3.05) is 0 Å². The Kier molecular flexibility index (Phi) is 3.21. The Morgan fingerprint density at radius 1 is 1.05 bits per heavy atom. The zero-order valence-corrected chi connectivity index (χ0v) is 11.6. The normalized spacial score (nSPS) is 12.7. The fourth-order valence-corrected chi connectivity index (χ4v) is 3.02. The Morgan fingerprint density at radius 2 is 1.75 bits per heavy atom. The molecule has 2 aromatic heterocycles. The van der Waals surface area contributed by atoms with Gasteiger partial charge >= 0.3 is 11.1 Å². The number of H-pyrrole nitrogens is 2. The molecule has 20 heavy (non-hydrogen) atoms. The number of halogens is 1. The van der Waals surface area contributed by atoms with Crippen molar-refractivity contribution in [1.82, 2.24) is 9.97 Å². The van der Waals surface area contributed by atoms with E-state index in [4.69, 9.17) is 11.6 Å². The quantitative estimate of drug-likeness (QED) is 0.633. The molecule has 7 heteroatoms. The van der Waals surface area contributed by atoms with Crippen LogP contribution >= 0.6 is 22.9 Å². The van der Waals surface area contributed by atoms with Crippen molar-refractivity contribution >= 4 is 34.0 Å². The highest BCUT2D eigenvalue weighted by atomic mass is 35.5. The minimum Gasteiger partial charge on any atom is -0.383 e. The summed E-state index contributed by atoms with van der Waals surface area (Å²) in [5.74, 6) is 0. The van der Waals surface area contributed by atoms with Gasteiger partial charge in [-0.15, -0.1) is 11.3 Å². The van der Waals surface area contributed by atoms with Crippen molar-refractivity contribution < 1.29 is 5.11 Å². The molecular weight excluding hydrogens is 300 g/mol. The molecule has 0 saturated heterocycles. The molecule has 1 atom stereocenters. The zero-order valence-electron chi connectivity index (χ0n) is 10.0. The van der Waals surface area contributed by atoms with Crippen molar-refractivity contribution in [2.45, 2.75) is 6.10 Å². The summed E-state index contributed by atoms with van der Waals surface area (Å²) in [5, 5.41) is 10.3. The highest BCUT2D eigenvalue weighted by Crippen LogP contribution is 2.31. The number of aliphatic hydroxyl groups excluding tert-OH is 1. The number of fused-ring (bicyclic) bond motifs is 1. The van der Waals surface area contributed by atoms with E-state index in [9.17, 15) is 14.7 Å². The van der Waals surface area contributed by atoms with Crippen molar-refractivity contribution in [3.8, 4) is 0 Å². The molecule has 0 fully saturated rings. The molecule has 2 heterocycles. The molecule has 3 rings (SSSR count). The van der Waals surface area contributed by atoms with Crippen LogP contribution in [0.15, 0.2) is 39.9 Å². The standard InChI is InChI=1S/C13H9ClN2O3S/c14-10-4-3-9(20-10)11(17)6-1-2-7-8(5-6)16-13(19)12(18)15-7/h1-5,11,17H,(H,15,18)(H,16,19). The van der Waals surface area contributed by atoms with Gasteiger partial charge in [-0.2, -0.15) is 0 Å². The molecule has 0 aliphatic rings. The van der Waals surface area contributed by atoms with Gasteiger partial charge in [-0.3, -0.25) is 9.59 Å². The van der Waals surface area contributed by atoms with E-state index in [-0.39, 0.29) is 0 Å². The molecule has 0 aliphatic heterocycles. The van der Waals surface area contributed by atoms with Crippen LogP contribution in [0.25, 0.3) is 11.0 Å². The lowest BCUT2D eigenvalue weighted by molar-refractivity contribution is 0.224. The van der Waals surface area contributed by atoms with Crippen LogP contribution in [0.3, 0.4) is 0 Å². The van der Waals surface area contributed by atoms with Crippen molar-refractivity contribution in [3.05, 3.63) is 65.8 Å². The number of benzene rings is 1. The Morgan fingerprint density at radius 3 is 2.40 bits per heavy atom. The topological polar surface area (TPSA) is 85.9 Å². The van der Waals surface area contributed by atoms with Crippen LogP contribution in [0.1, 0.15) is 16.5 Å². The third-order valence-corrected chi connectivity index (χ3v) is 4.21. The summed E-state index contributed by atoms with van der Waals surface area (Å²) < 4.78 is 0.595. The second-order valence-electron chi connectivity index (χ2n) is 4.26.